The molecular formula is C25H24N2O. The second-order valence-electron chi connectivity index (χ2n) is 8.90. The topological polar surface area (TPSA) is 42.0 Å². The number of nitrogens with zero attached hydrogens (tertiary/aromatic N) is 1. The Morgan fingerprint density at radius 1 is 1.04 bits per heavy atom. The van der Waals surface area contributed by atoms with E-state index < -0.39 is 0 Å². The molecule has 1 atom stereocenters. The van der Waals surface area contributed by atoms with Gasteiger partial charge in [-0.1, -0.05) is 49.7 Å². The predicted octanol–water partition coefficient (Wildman–Crippen LogP) is 5.74. The van der Waals surface area contributed by atoms with Gasteiger partial charge in [-0.25, -0.2) is 0 Å². The number of carbonyl (C=O) groups excluding carboxylic acids is 1. The third-order valence-electron chi connectivity index (χ3n) is 6.02. The number of hydrogen-bond donors (Lipinski definition) is 1. The largest absolute Gasteiger partial charge is 0.358 e. The molecule has 0 fully saturated rings. The highest BCUT2D eigenvalue weighted by atomic mass is 16.1. The van der Waals surface area contributed by atoms with E-state index in [4.69, 9.17) is 0 Å². The molecule has 140 valence electrons. The minimum absolute atomic E-state index is 0.0267. The zero-order valence-corrected chi connectivity index (χ0v) is 16.5. The lowest BCUT2D eigenvalue weighted by Crippen LogP contribution is -2.33. The van der Waals surface area contributed by atoms with Gasteiger partial charge in [0.15, 0.2) is 5.78 Å². The molecule has 28 heavy (non-hydrogen) atoms. The number of allylic oxidation sites excluding steroid dienone is 2. The molecule has 0 amide bonds. The van der Waals surface area contributed by atoms with Crippen molar-refractivity contribution in [1.82, 2.24) is 4.98 Å². The second kappa shape index (κ2) is 6.03. The molecule has 3 aromatic rings. The summed E-state index contributed by atoms with van der Waals surface area (Å²) in [5.41, 5.74) is 7.64. The second-order valence-corrected chi connectivity index (χ2v) is 8.90. The molecule has 0 spiro atoms. The zero-order valence-electron chi connectivity index (χ0n) is 16.5. The van der Waals surface area contributed by atoms with Gasteiger partial charge in [-0.05, 0) is 48.1 Å². The highest BCUT2D eigenvalue weighted by Crippen LogP contribution is 2.50. The highest BCUT2D eigenvalue weighted by molar-refractivity contribution is 6.04. The molecule has 1 aliphatic carbocycles. The molecule has 2 aromatic carbocycles. The number of benzene rings is 2. The van der Waals surface area contributed by atoms with Crippen LogP contribution in [-0.4, -0.2) is 10.8 Å². The van der Waals surface area contributed by atoms with E-state index in [-0.39, 0.29) is 17.1 Å². The number of Topliss-reactive ketones (excluding diaryl/α,β-unsaturated/α-hetero) is 1. The summed E-state index contributed by atoms with van der Waals surface area (Å²) in [4.78, 5) is 17.8. The summed E-state index contributed by atoms with van der Waals surface area (Å²) >= 11 is 0. The van der Waals surface area contributed by atoms with Gasteiger partial charge in [0.2, 0.25) is 0 Å². The van der Waals surface area contributed by atoms with Crippen molar-refractivity contribution in [1.29, 1.82) is 0 Å². The number of aromatic nitrogens is 1. The van der Waals surface area contributed by atoms with Crippen LogP contribution in [0.1, 0.15) is 49.3 Å². The Balaban J connectivity index is 1.79. The number of pyridine rings is 1. The van der Waals surface area contributed by atoms with Gasteiger partial charge in [0, 0.05) is 35.2 Å². The van der Waals surface area contributed by atoms with Gasteiger partial charge in [0.05, 0.1) is 11.2 Å². The van der Waals surface area contributed by atoms with Gasteiger partial charge >= 0.3 is 0 Å². The number of rotatable bonds is 1. The van der Waals surface area contributed by atoms with Crippen molar-refractivity contribution >= 4 is 22.4 Å². The number of carbonyl (C=O) groups is 1. The lowest BCUT2D eigenvalue weighted by atomic mass is 9.68. The molecule has 3 nitrogen and oxygen atoms in total. The van der Waals surface area contributed by atoms with Crippen molar-refractivity contribution in [2.45, 2.75) is 39.5 Å². The van der Waals surface area contributed by atoms with Crippen LogP contribution in [0, 0.1) is 12.3 Å². The van der Waals surface area contributed by atoms with E-state index in [0.717, 1.165) is 39.8 Å². The van der Waals surface area contributed by atoms with Crippen molar-refractivity contribution in [3.8, 4) is 0 Å². The van der Waals surface area contributed by atoms with Gasteiger partial charge in [-0.3, -0.25) is 9.78 Å². The Bertz CT molecular complexity index is 1140. The Labute approximate surface area is 165 Å². The van der Waals surface area contributed by atoms with E-state index in [9.17, 15) is 4.79 Å². The summed E-state index contributed by atoms with van der Waals surface area (Å²) in [6, 6.07) is 16.9. The van der Waals surface area contributed by atoms with E-state index in [2.05, 4.69) is 73.5 Å². The monoisotopic (exact) mass is 368 g/mol. The van der Waals surface area contributed by atoms with Crippen LogP contribution in [0.25, 0.3) is 10.9 Å². The molecule has 1 aromatic heterocycles. The number of nitrogens with one attached hydrogen (secondary N) is 1. The fourth-order valence-electron chi connectivity index (χ4n) is 4.74. The molecule has 1 N–H and O–H groups in total. The van der Waals surface area contributed by atoms with Crippen LogP contribution >= 0.6 is 0 Å². The van der Waals surface area contributed by atoms with Crippen LogP contribution in [0.3, 0.4) is 0 Å². The molecule has 0 radical (unpaired) electrons. The van der Waals surface area contributed by atoms with Crippen LogP contribution in [0.4, 0.5) is 5.69 Å². The van der Waals surface area contributed by atoms with Crippen LogP contribution in [0.2, 0.25) is 0 Å². The Kier molecular flexibility index (Phi) is 3.70. The van der Waals surface area contributed by atoms with Gasteiger partial charge in [0.1, 0.15) is 0 Å². The normalized spacial score (nSPS) is 20.5. The smallest absolute Gasteiger partial charge is 0.162 e. The number of fused-ring (bicyclic) bond motifs is 3. The molecule has 1 unspecified atom stereocenters. The van der Waals surface area contributed by atoms with Crippen molar-refractivity contribution in [3.05, 3.63) is 82.7 Å². The van der Waals surface area contributed by atoms with Crippen LogP contribution in [0.15, 0.2) is 66.0 Å². The van der Waals surface area contributed by atoms with Gasteiger partial charge < -0.3 is 5.32 Å². The first-order chi connectivity index (χ1) is 13.4. The maximum absolute atomic E-state index is 13.3. The molecular weight excluding hydrogens is 344 g/mol. The first kappa shape index (κ1) is 17.2. The van der Waals surface area contributed by atoms with Crippen LogP contribution < -0.4 is 5.32 Å². The molecule has 2 aliphatic rings. The van der Waals surface area contributed by atoms with Crippen LogP contribution in [0.5, 0.6) is 0 Å². The number of anilines is 1. The Hall–Kier alpha value is -2.94. The molecule has 0 bridgehead atoms. The molecule has 3 heteroatoms. The Morgan fingerprint density at radius 3 is 2.61 bits per heavy atom. The first-order valence-electron chi connectivity index (χ1n) is 9.90. The SMILES string of the molecule is Cc1ccc(C2C3=C(CC(C)(C)CC3=O)Nc3c2ccc2ncccc32)cc1. The lowest BCUT2D eigenvalue weighted by molar-refractivity contribution is -0.118. The van der Waals surface area contributed by atoms with E-state index >= 15 is 0 Å². The predicted molar refractivity (Wildman–Crippen MR) is 113 cm³/mol. The number of aryl methyl sites for hydroxylation is 1. The minimum atomic E-state index is -0.0277. The molecule has 1 aliphatic heterocycles. The van der Waals surface area contributed by atoms with Crippen molar-refractivity contribution in [3.63, 3.8) is 0 Å². The number of ketones is 1. The van der Waals surface area contributed by atoms with E-state index in [0.29, 0.717) is 6.42 Å². The lowest BCUT2D eigenvalue weighted by Gasteiger charge is -2.39. The quantitative estimate of drug-likeness (QED) is 0.595. The third kappa shape index (κ3) is 2.65. The summed E-state index contributed by atoms with van der Waals surface area (Å²) in [6.45, 7) is 6.45. The average Bonchev–Trinajstić information content (AvgIpc) is 2.66. The summed E-state index contributed by atoms with van der Waals surface area (Å²) in [7, 11) is 0. The van der Waals surface area contributed by atoms with Gasteiger partial charge in [0.25, 0.3) is 0 Å². The summed E-state index contributed by atoms with van der Waals surface area (Å²) in [5, 5.41) is 4.77. The average molecular weight is 368 g/mol. The fraction of sp³-hybridized carbons (Fsp3) is 0.280. The molecule has 5 rings (SSSR count). The van der Waals surface area contributed by atoms with E-state index in [1.54, 1.807) is 0 Å². The van der Waals surface area contributed by atoms with Crippen molar-refractivity contribution in [2.75, 3.05) is 5.32 Å². The van der Waals surface area contributed by atoms with Crippen molar-refractivity contribution in [2.24, 2.45) is 5.41 Å². The molecule has 2 heterocycles. The number of hydrogen-bond acceptors (Lipinski definition) is 3. The summed E-state index contributed by atoms with van der Waals surface area (Å²) < 4.78 is 0. The van der Waals surface area contributed by atoms with E-state index in [1.807, 2.05) is 12.3 Å². The first-order valence-corrected chi connectivity index (χ1v) is 9.90. The maximum atomic E-state index is 13.3. The zero-order chi connectivity index (χ0) is 19.5. The standard InChI is InChI=1S/C25H24N2O/c1-15-6-8-16(9-7-15)22-18-10-11-19-17(5-4-12-26-19)24(18)27-20-13-25(2,3)14-21(28)23(20)22/h4-12,22,27H,13-14H2,1-3H3. The summed E-state index contributed by atoms with van der Waals surface area (Å²) in [6.07, 6.45) is 3.31. The van der Waals surface area contributed by atoms with Crippen molar-refractivity contribution < 1.29 is 4.79 Å². The highest BCUT2D eigenvalue weighted by Gasteiger charge is 2.40. The van der Waals surface area contributed by atoms with Gasteiger partial charge in [-0.2, -0.15) is 0 Å². The Morgan fingerprint density at radius 2 is 1.82 bits per heavy atom. The van der Waals surface area contributed by atoms with Gasteiger partial charge in [-0.15, -0.1) is 0 Å². The van der Waals surface area contributed by atoms with Crippen LogP contribution in [-0.2, 0) is 4.79 Å². The minimum Gasteiger partial charge on any atom is -0.358 e. The fourth-order valence-corrected chi connectivity index (χ4v) is 4.74. The summed E-state index contributed by atoms with van der Waals surface area (Å²) in [5.74, 6) is 0.237. The molecule has 0 saturated heterocycles. The maximum Gasteiger partial charge on any atom is 0.162 e. The molecule has 0 saturated carbocycles. The van der Waals surface area contributed by atoms with E-state index in [1.165, 1.54) is 11.1 Å². The third-order valence-corrected chi connectivity index (χ3v) is 6.02.